The molecule has 3 heterocycles. The number of carbonyl (C=O) groups excluding carboxylic acids is 1. The Kier molecular flexibility index (Phi) is 5.27. The van der Waals surface area contributed by atoms with Gasteiger partial charge in [0.05, 0.1) is 31.9 Å². The van der Waals surface area contributed by atoms with Crippen molar-refractivity contribution in [2.24, 2.45) is 0 Å². The molecule has 1 amide bonds. The molecule has 0 radical (unpaired) electrons. The molecule has 3 rings (SSSR count). The molecule has 0 unspecified atom stereocenters. The van der Waals surface area contributed by atoms with Gasteiger partial charge < -0.3 is 30.0 Å². The molecule has 2 aromatic rings. The number of nitrogens with one attached hydrogen (secondary N) is 2. The fourth-order valence-corrected chi connectivity index (χ4v) is 3.05. The van der Waals surface area contributed by atoms with Crippen LogP contribution in [0, 0.1) is 4.64 Å². The summed E-state index contributed by atoms with van der Waals surface area (Å²) in [5.74, 6) is 0. The third-order valence-electron chi connectivity index (χ3n) is 4.03. The van der Waals surface area contributed by atoms with Crippen LogP contribution in [0.25, 0.3) is 11.2 Å². The van der Waals surface area contributed by atoms with Crippen LogP contribution in [0.1, 0.15) is 19.6 Å². The maximum Gasteiger partial charge on any atom is 0.407 e. The number of aromatic nitrogens is 4. The highest BCUT2D eigenvalue weighted by molar-refractivity contribution is 7.71. The van der Waals surface area contributed by atoms with Gasteiger partial charge in [0, 0.05) is 6.42 Å². The lowest BCUT2D eigenvalue weighted by Gasteiger charge is -2.39. The van der Waals surface area contributed by atoms with Gasteiger partial charge in [0.1, 0.15) is 29.6 Å². The minimum atomic E-state index is -1.07. The monoisotopic (exact) mass is 369 g/mol. The van der Waals surface area contributed by atoms with Crippen molar-refractivity contribution in [3.05, 3.63) is 17.3 Å². The zero-order valence-corrected chi connectivity index (χ0v) is 14.3. The smallest absolute Gasteiger partial charge is 0.407 e. The van der Waals surface area contributed by atoms with E-state index in [-0.39, 0.29) is 13.0 Å². The summed E-state index contributed by atoms with van der Waals surface area (Å²) in [5, 5.41) is 22.4. The van der Waals surface area contributed by atoms with Crippen LogP contribution in [0.5, 0.6) is 0 Å². The van der Waals surface area contributed by atoms with Gasteiger partial charge in [-0.05, 0) is 6.92 Å². The highest BCUT2D eigenvalue weighted by Gasteiger charge is 2.39. The number of hydrogen-bond donors (Lipinski definition) is 4. The van der Waals surface area contributed by atoms with E-state index >= 15 is 0 Å². The summed E-state index contributed by atoms with van der Waals surface area (Å²) in [7, 11) is 0. The summed E-state index contributed by atoms with van der Waals surface area (Å²) in [4.78, 5) is 22.9. The minimum absolute atomic E-state index is 0.216. The Bertz CT molecular complexity index is 808. The van der Waals surface area contributed by atoms with Crippen molar-refractivity contribution in [1.82, 2.24) is 24.8 Å². The summed E-state index contributed by atoms with van der Waals surface area (Å²) >= 11 is 5.14. The Labute approximate surface area is 147 Å². The predicted molar refractivity (Wildman–Crippen MR) is 88.3 cm³/mol. The van der Waals surface area contributed by atoms with Crippen molar-refractivity contribution >= 4 is 29.5 Å². The molecule has 4 atom stereocenters. The van der Waals surface area contributed by atoms with Crippen molar-refractivity contribution in [1.29, 1.82) is 0 Å². The predicted octanol–water partition coefficient (Wildman–Crippen LogP) is 0.244. The van der Waals surface area contributed by atoms with Gasteiger partial charge in [-0.15, -0.1) is 0 Å². The molecule has 0 spiro atoms. The molecule has 1 fully saturated rings. The van der Waals surface area contributed by atoms with Crippen LogP contribution < -0.4 is 5.32 Å². The third kappa shape index (κ3) is 3.49. The standard InChI is InChI=1S/C14H19N5O5S/c1-2-23-14(22)18-7-3-9(24-8(4-20)11(7)21)19-6-17-10-12(19)15-5-16-13(10)25/h5-9,11,20-21H,2-4H2,1H3,(H,18,22)(H,15,16,25)/t7-,8-,9-,11+/m1/s1. The average molecular weight is 369 g/mol. The van der Waals surface area contributed by atoms with Gasteiger partial charge >= 0.3 is 6.09 Å². The van der Waals surface area contributed by atoms with Crippen molar-refractivity contribution in [3.63, 3.8) is 0 Å². The first-order valence-corrected chi connectivity index (χ1v) is 8.23. The number of imidazole rings is 1. The highest BCUT2D eigenvalue weighted by Crippen LogP contribution is 2.29. The van der Waals surface area contributed by atoms with E-state index in [0.717, 1.165) is 0 Å². The molecule has 11 heteroatoms. The first-order valence-electron chi connectivity index (χ1n) is 7.83. The molecule has 4 N–H and O–H groups in total. The first-order chi connectivity index (χ1) is 12.0. The largest absolute Gasteiger partial charge is 0.450 e. The number of rotatable bonds is 4. The Morgan fingerprint density at radius 2 is 2.40 bits per heavy atom. The van der Waals surface area contributed by atoms with Gasteiger partial charge in [-0.25, -0.2) is 14.8 Å². The molecule has 0 saturated carbocycles. The number of alkyl carbamates (subject to hydrolysis) is 1. The number of fused-ring (bicyclic) bond motifs is 1. The Balaban J connectivity index is 1.88. The highest BCUT2D eigenvalue weighted by atomic mass is 32.1. The molecule has 2 aromatic heterocycles. The molecule has 0 aromatic carbocycles. The Morgan fingerprint density at radius 3 is 3.12 bits per heavy atom. The van der Waals surface area contributed by atoms with Gasteiger partial charge in [0.25, 0.3) is 0 Å². The summed E-state index contributed by atoms with van der Waals surface area (Å²) in [6.45, 7) is 1.50. The molecule has 136 valence electrons. The molecule has 25 heavy (non-hydrogen) atoms. The van der Waals surface area contributed by atoms with E-state index in [1.165, 1.54) is 12.7 Å². The molecule has 0 bridgehead atoms. The van der Waals surface area contributed by atoms with Crippen LogP contribution in [-0.2, 0) is 9.47 Å². The molecular formula is C14H19N5O5S. The van der Waals surface area contributed by atoms with Crippen LogP contribution in [0.2, 0.25) is 0 Å². The van der Waals surface area contributed by atoms with Gasteiger partial charge in [0.15, 0.2) is 4.64 Å². The van der Waals surface area contributed by atoms with Crippen LogP contribution in [-0.4, -0.2) is 67.3 Å². The van der Waals surface area contributed by atoms with Crippen molar-refractivity contribution in [2.45, 2.75) is 37.8 Å². The molecule has 1 saturated heterocycles. The van der Waals surface area contributed by atoms with Gasteiger partial charge in [0.2, 0.25) is 0 Å². The van der Waals surface area contributed by atoms with Crippen LogP contribution in [0.3, 0.4) is 0 Å². The maximum atomic E-state index is 11.7. The number of H-pyrrole nitrogens is 1. The number of aliphatic hydroxyl groups excluding tert-OH is 2. The van der Waals surface area contributed by atoms with Crippen molar-refractivity contribution < 1.29 is 24.5 Å². The summed E-state index contributed by atoms with van der Waals surface area (Å²) in [5.41, 5.74) is 1.12. The lowest BCUT2D eigenvalue weighted by molar-refractivity contribution is -0.169. The van der Waals surface area contributed by atoms with Crippen LogP contribution in [0.15, 0.2) is 12.7 Å². The van der Waals surface area contributed by atoms with E-state index in [0.29, 0.717) is 15.8 Å². The van der Waals surface area contributed by atoms with Crippen molar-refractivity contribution in [2.75, 3.05) is 13.2 Å². The number of aromatic amines is 1. The fraction of sp³-hybridized carbons (Fsp3) is 0.571. The van der Waals surface area contributed by atoms with E-state index < -0.39 is 37.2 Å². The zero-order chi connectivity index (χ0) is 18.0. The zero-order valence-electron chi connectivity index (χ0n) is 13.5. The lowest BCUT2D eigenvalue weighted by Crippen LogP contribution is -2.55. The van der Waals surface area contributed by atoms with E-state index in [4.69, 9.17) is 21.7 Å². The minimum Gasteiger partial charge on any atom is -0.450 e. The number of nitrogens with zero attached hydrogens (tertiary/aromatic N) is 3. The SMILES string of the molecule is CCOC(=O)N[C@@H]1C[C@H](n2cnc3c(=S)nc[nH]c32)O[C@H](CO)[C@H]1O. The van der Waals surface area contributed by atoms with Gasteiger partial charge in [-0.1, -0.05) is 12.2 Å². The second kappa shape index (κ2) is 7.44. The number of carbonyl (C=O) groups is 1. The summed E-state index contributed by atoms with van der Waals surface area (Å²) in [6, 6.07) is -0.655. The van der Waals surface area contributed by atoms with Crippen LogP contribution >= 0.6 is 12.2 Å². The molecule has 1 aliphatic rings. The van der Waals surface area contributed by atoms with Gasteiger partial charge in [-0.3, -0.25) is 4.57 Å². The lowest BCUT2D eigenvalue weighted by atomic mass is 9.98. The van der Waals surface area contributed by atoms with Crippen molar-refractivity contribution in [3.8, 4) is 0 Å². The second-order valence-corrected chi connectivity index (χ2v) is 5.95. The Hall–Kier alpha value is -2.08. The number of ether oxygens (including phenoxy) is 2. The quantitative estimate of drug-likeness (QED) is 0.563. The van der Waals surface area contributed by atoms with E-state index in [9.17, 15) is 15.0 Å². The summed E-state index contributed by atoms with van der Waals surface area (Å²) < 4.78 is 12.7. The van der Waals surface area contributed by atoms with Crippen LogP contribution in [0.4, 0.5) is 4.79 Å². The number of amides is 1. The van der Waals surface area contributed by atoms with Gasteiger partial charge in [-0.2, -0.15) is 0 Å². The normalized spacial score (nSPS) is 26.5. The molecular weight excluding hydrogens is 350 g/mol. The Morgan fingerprint density at radius 1 is 1.60 bits per heavy atom. The first kappa shape index (κ1) is 17.7. The second-order valence-electron chi connectivity index (χ2n) is 5.57. The number of aliphatic hydroxyl groups is 2. The van der Waals surface area contributed by atoms with E-state index in [1.54, 1.807) is 11.5 Å². The fourth-order valence-electron chi connectivity index (χ4n) is 2.84. The molecule has 1 aliphatic heterocycles. The molecule has 0 aliphatic carbocycles. The van der Waals surface area contributed by atoms with E-state index in [1.807, 2.05) is 0 Å². The summed E-state index contributed by atoms with van der Waals surface area (Å²) in [6.07, 6.45) is 0.0993. The maximum absolute atomic E-state index is 11.7. The third-order valence-corrected chi connectivity index (χ3v) is 4.33. The van der Waals surface area contributed by atoms with E-state index in [2.05, 4.69) is 20.3 Å². The average Bonchev–Trinajstić information content (AvgIpc) is 3.02. The molecule has 10 nitrogen and oxygen atoms in total. The topological polar surface area (TPSA) is 135 Å². The number of hydrogen-bond acceptors (Lipinski definition) is 8.